The van der Waals surface area contributed by atoms with Crippen LogP contribution in [0.4, 0.5) is 5.69 Å². The predicted molar refractivity (Wildman–Crippen MR) is 97.2 cm³/mol. The van der Waals surface area contributed by atoms with Crippen LogP contribution < -0.4 is 10.2 Å². The van der Waals surface area contributed by atoms with Crippen LogP contribution in [0.2, 0.25) is 0 Å². The number of esters is 1. The van der Waals surface area contributed by atoms with Gasteiger partial charge in [0.15, 0.2) is 5.78 Å². The van der Waals surface area contributed by atoms with Gasteiger partial charge in [0.1, 0.15) is 0 Å². The molecule has 1 N–H and O–H groups in total. The number of hydrogen-bond acceptors (Lipinski definition) is 5. The lowest BCUT2D eigenvalue weighted by Gasteiger charge is -2.34. The molecule has 1 atom stereocenters. The molecule has 0 amide bonds. The molecule has 1 heterocycles. The number of dihydropyridines is 1. The lowest BCUT2D eigenvalue weighted by molar-refractivity contribution is -0.136. The number of anilines is 1. The summed E-state index contributed by atoms with van der Waals surface area (Å²) in [7, 11) is 5.34. The first-order chi connectivity index (χ1) is 11.9. The molecular formula is C20H24N2O3. The second kappa shape index (κ2) is 6.75. The Morgan fingerprint density at radius 1 is 1.20 bits per heavy atom. The Morgan fingerprint density at radius 3 is 2.48 bits per heavy atom. The summed E-state index contributed by atoms with van der Waals surface area (Å²) >= 11 is 0. The van der Waals surface area contributed by atoms with Gasteiger partial charge in [-0.3, -0.25) is 4.79 Å². The van der Waals surface area contributed by atoms with Gasteiger partial charge < -0.3 is 15.0 Å². The first kappa shape index (κ1) is 17.3. The number of rotatable bonds is 3. The third kappa shape index (κ3) is 3.06. The van der Waals surface area contributed by atoms with Gasteiger partial charge in [-0.15, -0.1) is 0 Å². The molecule has 0 radical (unpaired) electrons. The van der Waals surface area contributed by atoms with E-state index in [9.17, 15) is 9.59 Å². The van der Waals surface area contributed by atoms with Crippen LogP contribution in [0.25, 0.3) is 0 Å². The van der Waals surface area contributed by atoms with E-state index in [1.807, 2.05) is 50.2 Å². The fourth-order valence-corrected chi connectivity index (χ4v) is 3.66. The average Bonchev–Trinajstić information content (AvgIpc) is 2.60. The number of ketones is 1. The van der Waals surface area contributed by atoms with E-state index in [-0.39, 0.29) is 11.7 Å². The molecule has 0 saturated heterocycles. The van der Waals surface area contributed by atoms with Crippen LogP contribution in [0.15, 0.2) is 46.8 Å². The quantitative estimate of drug-likeness (QED) is 0.858. The number of ether oxygens (including phenoxy) is 1. The lowest BCUT2D eigenvalue weighted by Crippen LogP contribution is -2.34. The van der Waals surface area contributed by atoms with E-state index in [1.54, 1.807) is 0 Å². The van der Waals surface area contributed by atoms with Crippen molar-refractivity contribution in [2.75, 3.05) is 26.1 Å². The number of hydrogen-bond donors (Lipinski definition) is 1. The van der Waals surface area contributed by atoms with Crippen molar-refractivity contribution < 1.29 is 14.3 Å². The van der Waals surface area contributed by atoms with Gasteiger partial charge in [0.05, 0.1) is 12.7 Å². The van der Waals surface area contributed by atoms with Gasteiger partial charge in [0.25, 0.3) is 0 Å². The summed E-state index contributed by atoms with van der Waals surface area (Å²) in [5.74, 6) is -0.645. The molecule has 2 aliphatic rings. The molecule has 0 bridgehead atoms. The van der Waals surface area contributed by atoms with Crippen LogP contribution >= 0.6 is 0 Å². The molecule has 25 heavy (non-hydrogen) atoms. The smallest absolute Gasteiger partial charge is 0.336 e. The Kier molecular flexibility index (Phi) is 4.66. The largest absolute Gasteiger partial charge is 0.466 e. The molecule has 0 spiro atoms. The fourth-order valence-electron chi connectivity index (χ4n) is 3.66. The summed E-state index contributed by atoms with van der Waals surface area (Å²) in [5.41, 5.74) is 4.96. The van der Waals surface area contributed by atoms with E-state index in [2.05, 4.69) is 5.32 Å². The molecule has 1 aromatic rings. The Hall–Kier alpha value is -2.56. The second-order valence-corrected chi connectivity index (χ2v) is 6.74. The van der Waals surface area contributed by atoms with E-state index < -0.39 is 5.97 Å². The zero-order valence-electron chi connectivity index (χ0n) is 15.2. The van der Waals surface area contributed by atoms with E-state index in [4.69, 9.17) is 4.74 Å². The number of nitrogens with one attached hydrogen (secondary N) is 1. The Balaban J connectivity index is 2.14. The summed E-state index contributed by atoms with van der Waals surface area (Å²) in [6, 6.07) is 8.01. The Labute approximate surface area is 148 Å². The first-order valence-corrected chi connectivity index (χ1v) is 8.53. The van der Waals surface area contributed by atoms with Gasteiger partial charge in [0.2, 0.25) is 0 Å². The molecule has 132 valence electrons. The van der Waals surface area contributed by atoms with Gasteiger partial charge >= 0.3 is 5.97 Å². The standard InChI is InChI=1S/C20H24N2O3/c1-12-17(20(24)25-4)18(13-8-10-14(11-9-13)22(2)3)19-15(21-12)6-5-7-16(19)23/h8-11,18,21H,5-7H2,1-4H3. The van der Waals surface area contributed by atoms with Gasteiger partial charge in [-0.25, -0.2) is 4.79 Å². The van der Waals surface area contributed by atoms with Crippen LogP contribution in [0.5, 0.6) is 0 Å². The van der Waals surface area contributed by atoms with E-state index >= 15 is 0 Å². The number of Topliss-reactive ketones (excluding diaryl/α,β-unsaturated/α-hetero) is 1. The van der Waals surface area contributed by atoms with Crippen LogP contribution in [0.1, 0.15) is 37.7 Å². The van der Waals surface area contributed by atoms with E-state index in [1.165, 1.54) is 7.11 Å². The number of allylic oxidation sites excluding steroid dienone is 3. The molecule has 5 heteroatoms. The fraction of sp³-hybridized carbons (Fsp3) is 0.400. The zero-order chi connectivity index (χ0) is 18.1. The highest BCUT2D eigenvalue weighted by Crippen LogP contribution is 2.42. The summed E-state index contributed by atoms with van der Waals surface area (Å²) in [4.78, 5) is 27.1. The summed E-state index contributed by atoms with van der Waals surface area (Å²) in [6.45, 7) is 1.87. The van der Waals surface area contributed by atoms with Crippen molar-refractivity contribution in [1.82, 2.24) is 5.32 Å². The lowest BCUT2D eigenvalue weighted by atomic mass is 9.75. The highest BCUT2D eigenvalue weighted by Gasteiger charge is 2.38. The van der Waals surface area contributed by atoms with Crippen molar-refractivity contribution in [3.8, 4) is 0 Å². The Bertz CT molecular complexity index is 773. The summed E-state index contributed by atoms with van der Waals surface area (Å²) in [6.07, 6.45) is 2.21. The third-order valence-electron chi connectivity index (χ3n) is 4.92. The minimum Gasteiger partial charge on any atom is -0.466 e. The van der Waals surface area contributed by atoms with E-state index in [0.717, 1.165) is 41.1 Å². The molecule has 1 aliphatic carbocycles. The number of nitrogens with zero attached hydrogens (tertiary/aromatic N) is 1. The zero-order valence-corrected chi connectivity index (χ0v) is 15.2. The van der Waals surface area contributed by atoms with Crippen LogP contribution in [0.3, 0.4) is 0 Å². The summed E-state index contributed by atoms with van der Waals surface area (Å²) < 4.78 is 5.01. The molecule has 5 nitrogen and oxygen atoms in total. The molecule has 1 aliphatic heterocycles. The maximum atomic E-state index is 12.7. The number of carbonyl (C=O) groups excluding carboxylic acids is 2. The Morgan fingerprint density at radius 2 is 1.88 bits per heavy atom. The molecule has 3 rings (SSSR count). The van der Waals surface area contributed by atoms with Crippen molar-refractivity contribution in [3.63, 3.8) is 0 Å². The number of benzene rings is 1. The molecule has 1 aromatic carbocycles. The molecule has 1 unspecified atom stereocenters. The van der Waals surface area contributed by atoms with Gasteiger partial charge in [0, 0.05) is 49.1 Å². The van der Waals surface area contributed by atoms with E-state index in [0.29, 0.717) is 12.0 Å². The predicted octanol–water partition coefficient (Wildman–Crippen LogP) is 2.89. The molecule has 0 aromatic heterocycles. The van der Waals surface area contributed by atoms with Crippen LogP contribution in [0, 0.1) is 0 Å². The second-order valence-electron chi connectivity index (χ2n) is 6.74. The molecular weight excluding hydrogens is 316 g/mol. The van der Waals surface area contributed by atoms with Crippen molar-refractivity contribution in [2.24, 2.45) is 0 Å². The minimum atomic E-state index is -0.392. The summed E-state index contributed by atoms with van der Waals surface area (Å²) in [5, 5.41) is 3.27. The molecule has 0 saturated carbocycles. The topological polar surface area (TPSA) is 58.6 Å². The van der Waals surface area contributed by atoms with Crippen LogP contribution in [-0.2, 0) is 14.3 Å². The maximum Gasteiger partial charge on any atom is 0.336 e. The molecule has 0 fully saturated rings. The first-order valence-electron chi connectivity index (χ1n) is 8.53. The van der Waals surface area contributed by atoms with Crippen molar-refractivity contribution in [1.29, 1.82) is 0 Å². The van der Waals surface area contributed by atoms with Crippen molar-refractivity contribution in [3.05, 3.63) is 52.4 Å². The van der Waals surface area contributed by atoms with Gasteiger partial charge in [-0.2, -0.15) is 0 Å². The maximum absolute atomic E-state index is 12.7. The minimum absolute atomic E-state index is 0.115. The normalized spacial score (nSPS) is 20.2. The number of carbonyl (C=O) groups is 2. The van der Waals surface area contributed by atoms with Gasteiger partial charge in [-0.1, -0.05) is 12.1 Å². The monoisotopic (exact) mass is 340 g/mol. The number of methoxy groups -OCH3 is 1. The SMILES string of the molecule is COC(=O)C1=C(C)NC2=C(C(=O)CCC2)C1c1ccc(N(C)C)cc1. The highest BCUT2D eigenvalue weighted by molar-refractivity contribution is 6.03. The highest BCUT2D eigenvalue weighted by atomic mass is 16.5. The average molecular weight is 340 g/mol. The van der Waals surface area contributed by atoms with Crippen LogP contribution in [-0.4, -0.2) is 33.0 Å². The van der Waals surface area contributed by atoms with Gasteiger partial charge in [-0.05, 0) is 37.5 Å². The third-order valence-corrected chi connectivity index (χ3v) is 4.92. The van der Waals surface area contributed by atoms with Crippen molar-refractivity contribution in [2.45, 2.75) is 32.1 Å². The van der Waals surface area contributed by atoms with Crippen molar-refractivity contribution >= 4 is 17.4 Å².